The number of carbonyl (C=O) groups is 1. The molecule has 0 radical (unpaired) electrons. The van der Waals surface area contributed by atoms with Crippen molar-refractivity contribution in [2.45, 2.75) is 6.92 Å². The van der Waals surface area contributed by atoms with Crippen molar-refractivity contribution in [2.24, 2.45) is 0 Å². The predicted octanol–water partition coefficient (Wildman–Crippen LogP) is 2.58. The largest absolute Gasteiger partial charge is 0.451 e. The highest BCUT2D eigenvalue weighted by atomic mass is 19.1. The Morgan fingerprint density at radius 3 is 2.69 bits per heavy atom. The smallest absolute Gasteiger partial charge is 0.289 e. The van der Waals surface area contributed by atoms with Gasteiger partial charge in [-0.05, 0) is 25.1 Å². The highest BCUT2D eigenvalue weighted by Crippen LogP contribution is 2.26. The third kappa shape index (κ3) is 1.56. The third-order valence-electron chi connectivity index (χ3n) is 2.50. The van der Waals surface area contributed by atoms with Crippen LogP contribution < -0.4 is 0 Å². The fraction of sp³-hybridized carbons (Fsp3) is 0.250. The summed E-state index contributed by atoms with van der Waals surface area (Å²) in [6, 6.07) is 4.22. The average Bonchev–Trinajstić information content (AvgIpc) is 2.55. The maximum Gasteiger partial charge on any atom is 0.289 e. The van der Waals surface area contributed by atoms with E-state index in [0.717, 1.165) is 0 Å². The van der Waals surface area contributed by atoms with Crippen LogP contribution in [0.4, 0.5) is 4.39 Å². The Kier molecular flexibility index (Phi) is 2.42. The topological polar surface area (TPSA) is 33.5 Å². The summed E-state index contributed by atoms with van der Waals surface area (Å²) in [5.74, 6) is -0.278. The monoisotopic (exact) mass is 221 g/mol. The Balaban J connectivity index is 2.65. The van der Waals surface area contributed by atoms with E-state index >= 15 is 0 Å². The summed E-state index contributed by atoms with van der Waals surface area (Å²) >= 11 is 0. The fourth-order valence-electron chi connectivity index (χ4n) is 1.60. The normalized spacial score (nSPS) is 10.8. The van der Waals surface area contributed by atoms with Crippen molar-refractivity contribution in [1.82, 2.24) is 4.90 Å². The number of hydrogen-bond donors (Lipinski definition) is 0. The molecule has 0 spiro atoms. The average molecular weight is 221 g/mol. The number of rotatable bonds is 1. The second-order valence-corrected chi connectivity index (χ2v) is 3.90. The van der Waals surface area contributed by atoms with Crippen molar-refractivity contribution in [3.05, 3.63) is 35.3 Å². The van der Waals surface area contributed by atoms with Crippen LogP contribution in [0.2, 0.25) is 0 Å². The highest BCUT2D eigenvalue weighted by Gasteiger charge is 2.19. The van der Waals surface area contributed by atoms with Gasteiger partial charge < -0.3 is 9.32 Å². The molecular weight excluding hydrogens is 209 g/mol. The number of carbonyl (C=O) groups excluding carboxylic acids is 1. The summed E-state index contributed by atoms with van der Waals surface area (Å²) in [4.78, 5) is 13.2. The molecule has 0 N–H and O–H groups in total. The SMILES string of the molecule is Cc1c(C(=O)N(C)C)oc2ccc(F)cc12. The van der Waals surface area contributed by atoms with Gasteiger partial charge in [0.15, 0.2) is 5.76 Å². The van der Waals surface area contributed by atoms with Gasteiger partial charge in [0.2, 0.25) is 0 Å². The van der Waals surface area contributed by atoms with E-state index < -0.39 is 0 Å². The van der Waals surface area contributed by atoms with Crippen LogP contribution in [-0.4, -0.2) is 24.9 Å². The highest BCUT2D eigenvalue weighted by molar-refractivity contribution is 5.98. The van der Waals surface area contributed by atoms with Crippen molar-refractivity contribution >= 4 is 16.9 Å². The van der Waals surface area contributed by atoms with Gasteiger partial charge in [-0.1, -0.05) is 0 Å². The molecule has 0 bridgehead atoms. The summed E-state index contributed by atoms with van der Waals surface area (Å²) in [6.45, 7) is 1.75. The first-order valence-electron chi connectivity index (χ1n) is 4.91. The first-order chi connectivity index (χ1) is 7.50. The molecule has 0 aliphatic heterocycles. The molecule has 0 aliphatic rings. The molecule has 3 nitrogen and oxygen atoms in total. The van der Waals surface area contributed by atoms with Crippen molar-refractivity contribution in [3.8, 4) is 0 Å². The van der Waals surface area contributed by atoms with E-state index in [1.807, 2.05) is 0 Å². The van der Waals surface area contributed by atoms with Crippen molar-refractivity contribution in [2.75, 3.05) is 14.1 Å². The van der Waals surface area contributed by atoms with Crippen LogP contribution in [0.3, 0.4) is 0 Å². The quantitative estimate of drug-likeness (QED) is 0.741. The number of benzene rings is 1. The number of halogens is 1. The van der Waals surface area contributed by atoms with Gasteiger partial charge in [-0.2, -0.15) is 0 Å². The van der Waals surface area contributed by atoms with Crippen molar-refractivity contribution in [3.63, 3.8) is 0 Å². The van der Waals surface area contributed by atoms with Crippen molar-refractivity contribution < 1.29 is 13.6 Å². The number of aryl methyl sites for hydroxylation is 1. The van der Waals surface area contributed by atoms with E-state index in [-0.39, 0.29) is 17.5 Å². The summed E-state index contributed by atoms with van der Waals surface area (Å²) in [6.07, 6.45) is 0. The van der Waals surface area contributed by atoms with Crippen LogP contribution in [0, 0.1) is 12.7 Å². The number of nitrogens with zero attached hydrogens (tertiary/aromatic N) is 1. The van der Waals surface area contributed by atoms with Crippen LogP contribution in [0.1, 0.15) is 16.1 Å². The lowest BCUT2D eigenvalue weighted by Crippen LogP contribution is -2.21. The lowest BCUT2D eigenvalue weighted by atomic mass is 10.1. The lowest BCUT2D eigenvalue weighted by molar-refractivity contribution is 0.0798. The first kappa shape index (κ1) is 10.7. The molecule has 0 saturated heterocycles. The molecule has 0 atom stereocenters. The van der Waals surface area contributed by atoms with Gasteiger partial charge in [-0.25, -0.2) is 4.39 Å². The zero-order chi connectivity index (χ0) is 11.9. The summed E-state index contributed by atoms with van der Waals surface area (Å²) in [5.41, 5.74) is 1.21. The van der Waals surface area contributed by atoms with E-state index in [4.69, 9.17) is 4.42 Å². The van der Waals surface area contributed by atoms with Gasteiger partial charge >= 0.3 is 0 Å². The van der Waals surface area contributed by atoms with Gasteiger partial charge in [0.1, 0.15) is 11.4 Å². The molecule has 1 amide bonds. The van der Waals surface area contributed by atoms with Crippen molar-refractivity contribution in [1.29, 1.82) is 0 Å². The zero-order valence-electron chi connectivity index (χ0n) is 9.37. The first-order valence-corrected chi connectivity index (χ1v) is 4.91. The predicted molar refractivity (Wildman–Crippen MR) is 58.9 cm³/mol. The van der Waals surface area contributed by atoms with Crippen LogP contribution >= 0.6 is 0 Å². The van der Waals surface area contributed by atoms with Gasteiger partial charge in [-0.15, -0.1) is 0 Å². The van der Waals surface area contributed by atoms with E-state index in [0.29, 0.717) is 16.5 Å². The van der Waals surface area contributed by atoms with Crippen LogP contribution in [0.15, 0.2) is 22.6 Å². The molecule has 2 rings (SSSR count). The lowest BCUT2D eigenvalue weighted by Gasteiger charge is -2.07. The maximum atomic E-state index is 13.0. The molecular formula is C12H12FNO2. The molecule has 4 heteroatoms. The minimum atomic E-state index is -0.333. The Morgan fingerprint density at radius 2 is 2.06 bits per heavy atom. The minimum absolute atomic E-state index is 0.214. The summed E-state index contributed by atoms with van der Waals surface area (Å²) in [5, 5.41) is 0.644. The number of fused-ring (bicyclic) bond motifs is 1. The van der Waals surface area contributed by atoms with Crippen LogP contribution in [-0.2, 0) is 0 Å². The Labute approximate surface area is 92.5 Å². The fourth-order valence-corrected chi connectivity index (χ4v) is 1.60. The van der Waals surface area contributed by atoms with Crippen LogP contribution in [0.5, 0.6) is 0 Å². The number of furan rings is 1. The molecule has 16 heavy (non-hydrogen) atoms. The zero-order valence-corrected chi connectivity index (χ0v) is 9.37. The molecule has 0 fully saturated rings. The molecule has 1 aromatic carbocycles. The second-order valence-electron chi connectivity index (χ2n) is 3.90. The molecule has 2 aromatic rings. The Hall–Kier alpha value is -1.84. The minimum Gasteiger partial charge on any atom is -0.451 e. The van der Waals surface area contributed by atoms with Gasteiger partial charge in [0, 0.05) is 25.0 Å². The van der Waals surface area contributed by atoms with Gasteiger partial charge in [0.05, 0.1) is 0 Å². The number of amides is 1. The van der Waals surface area contributed by atoms with E-state index in [2.05, 4.69) is 0 Å². The standard InChI is InChI=1S/C12H12FNO2/c1-7-9-6-8(13)4-5-10(9)16-11(7)12(15)14(2)3/h4-6H,1-3H3. The second kappa shape index (κ2) is 3.63. The summed E-state index contributed by atoms with van der Waals surface area (Å²) in [7, 11) is 3.30. The molecule has 1 aromatic heterocycles. The molecule has 0 saturated carbocycles. The molecule has 0 aliphatic carbocycles. The third-order valence-corrected chi connectivity index (χ3v) is 2.50. The molecule has 0 unspecified atom stereocenters. The van der Waals surface area contributed by atoms with E-state index in [1.54, 1.807) is 21.0 Å². The van der Waals surface area contributed by atoms with E-state index in [1.165, 1.54) is 23.1 Å². The molecule has 1 heterocycles. The van der Waals surface area contributed by atoms with Gasteiger partial charge in [0.25, 0.3) is 5.91 Å². The van der Waals surface area contributed by atoms with Gasteiger partial charge in [-0.3, -0.25) is 4.79 Å². The maximum absolute atomic E-state index is 13.0. The number of hydrogen-bond acceptors (Lipinski definition) is 2. The molecule has 84 valence electrons. The Bertz CT molecular complexity index is 557. The van der Waals surface area contributed by atoms with E-state index in [9.17, 15) is 9.18 Å². The van der Waals surface area contributed by atoms with Crippen LogP contribution in [0.25, 0.3) is 11.0 Å². The summed E-state index contributed by atoms with van der Waals surface area (Å²) < 4.78 is 18.5. The Morgan fingerprint density at radius 1 is 1.38 bits per heavy atom.